The molecule has 0 fully saturated rings. The SMILES string of the molecule is Cc1nc(C(=O)N[C@@H](CCCN=C(N)N)C(=O)N[C@@H](CC(C)C)C(=O)NCc2cc(Oc3cccc(F)c3)ccn2)nn1-c1ccc(Cl)cc1. The first kappa shape index (κ1) is 37.3. The molecular formula is C34H40ClFN10O4. The molecule has 2 heterocycles. The first-order valence-electron chi connectivity index (χ1n) is 15.9. The fourth-order valence-electron chi connectivity index (χ4n) is 4.87. The van der Waals surface area contributed by atoms with E-state index in [4.69, 9.17) is 27.8 Å². The largest absolute Gasteiger partial charge is 0.457 e. The third kappa shape index (κ3) is 11.3. The van der Waals surface area contributed by atoms with Gasteiger partial charge in [0.2, 0.25) is 17.6 Å². The number of nitrogens with one attached hydrogen (secondary N) is 3. The van der Waals surface area contributed by atoms with Crippen LogP contribution in [0, 0.1) is 18.7 Å². The Morgan fingerprint density at radius 3 is 2.44 bits per heavy atom. The second-order valence-electron chi connectivity index (χ2n) is 11.8. The zero-order valence-corrected chi connectivity index (χ0v) is 28.7. The van der Waals surface area contributed by atoms with E-state index in [9.17, 15) is 18.8 Å². The summed E-state index contributed by atoms with van der Waals surface area (Å²) in [6, 6.07) is 13.8. The van der Waals surface area contributed by atoms with Gasteiger partial charge in [0, 0.05) is 29.9 Å². The Morgan fingerprint density at radius 1 is 1.00 bits per heavy atom. The predicted molar refractivity (Wildman–Crippen MR) is 186 cm³/mol. The van der Waals surface area contributed by atoms with Crippen LogP contribution < -0.4 is 32.2 Å². The maximum Gasteiger partial charge on any atom is 0.291 e. The van der Waals surface area contributed by atoms with Gasteiger partial charge in [-0.15, -0.1) is 5.10 Å². The lowest BCUT2D eigenvalue weighted by Gasteiger charge is -2.24. The van der Waals surface area contributed by atoms with Gasteiger partial charge >= 0.3 is 0 Å². The summed E-state index contributed by atoms with van der Waals surface area (Å²) in [5.74, 6) is -1.20. The number of nitrogens with two attached hydrogens (primary N) is 2. The normalized spacial score (nSPS) is 12.1. The van der Waals surface area contributed by atoms with E-state index in [2.05, 4.69) is 36.0 Å². The number of hydrogen-bond donors (Lipinski definition) is 5. The molecule has 16 heteroatoms. The van der Waals surface area contributed by atoms with Gasteiger partial charge in [0.1, 0.15) is 35.2 Å². The minimum Gasteiger partial charge on any atom is -0.457 e. The molecule has 0 aliphatic rings. The van der Waals surface area contributed by atoms with E-state index in [1.807, 2.05) is 13.8 Å². The van der Waals surface area contributed by atoms with Gasteiger partial charge in [-0.2, -0.15) is 0 Å². The van der Waals surface area contributed by atoms with E-state index in [1.54, 1.807) is 49.4 Å². The third-order valence-electron chi connectivity index (χ3n) is 7.21. The number of aryl methyl sites for hydroxylation is 1. The lowest BCUT2D eigenvalue weighted by Crippen LogP contribution is -2.54. The summed E-state index contributed by atoms with van der Waals surface area (Å²) in [5, 5.41) is 13.2. The molecule has 14 nitrogen and oxygen atoms in total. The van der Waals surface area contributed by atoms with Crippen molar-refractivity contribution in [3.63, 3.8) is 0 Å². The molecule has 4 aromatic rings. The molecule has 0 saturated heterocycles. The summed E-state index contributed by atoms with van der Waals surface area (Å²) in [7, 11) is 0. The third-order valence-corrected chi connectivity index (χ3v) is 7.47. The molecule has 2 aromatic heterocycles. The minimum absolute atomic E-state index is 0.0314. The molecule has 50 heavy (non-hydrogen) atoms. The molecule has 0 unspecified atom stereocenters. The van der Waals surface area contributed by atoms with Crippen molar-refractivity contribution < 1.29 is 23.5 Å². The molecule has 0 saturated carbocycles. The Bertz CT molecular complexity index is 1810. The molecule has 264 valence electrons. The first-order chi connectivity index (χ1) is 23.9. The topological polar surface area (TPSA) is 205 Å². The molecule has 0 bridgehead atoms. The van der Waals surface area contributed by atoms with Crippen molar-refractivity contribution in [1.29, 1.82) is 0 Å². The van der Waals surface area contributed by atoms with E-state index in [0.717, 1.165) is 0 Å². The number of rotatable bonds is 16. The van der Waals surface area contributed by atoms with Crippen molar-refractivity contribution in [3.05, 3.63) is 95.0 Å². The zero-order chi connectivity index (χ0) is 36.2. The number of hydrogen-bond acceptors (Lipinski definition) is 8. The molecule has 7 N–H and O–H groups in total. The van der Waals surface area contributed by atoms with Crippen LogP contribution in [-0.2, 0) is 16.1 Å². The second kappa shape index (κ2) is 17.7. The maximum absolute atomic E-state index is 13.7. The van der Waals surface area contributed by atoms with Crippen molar-refractivity contribution in [2.24, 2.45) is 22.4 Å². The van der Waals surface area contributed by atoms with Crippen LogP contribution >= 0.6 is 11.6 Å². The smallest absolute Gasteiger partial charge is 0.291 e. The lowest BCUT2D eigenvalue weighted by atomic mass is 10.0. The molecule has 2 aromatic carbocycles. The van der Waals surface area contributed by atoms with Gasteiger partial charge in [0.05, 0.1) is 17.9 Å². The van der Waals surface area contributed by atoms with Gasteiger partial charge in [0.15, 0.2) is 5.96 Å². The Labute approximate surface area is 293 Å². The predicted octanol–water partition coefficient (Wildman–Crippen LogP) is 3.55. The van der Waals surface area contributed by atoms with Crippen molar-refractivity contribution in [1.82, 2.24) is 35.7 Å². The van der Waals surface area contributed by atoms with Crippen LogP contribution in [0.25, 0.3) is 5.69 Å². The molecule has 4 rings (SSSR count). The van der Waals surface area contributed by atoms with Crippen LogP contribution in [-0.4, -0.2) is 62.1 Å². The molecule has 0 aliphatic heterocycles. The van der Waals surface area contributed by atoms with Crippen LogP contribution in [0.15, 0.2) is 71.9 Å². The first-order valence-corrected chi connectivity index (χ1v) is 16.3. The average Bonchev–Trinajstić information content (AvgIpc) is 3.46. The molecule has 0 radical (unpaired) electrons. The number of ether oxygens (including phenoxy) is 1. The van der Waals surface area contributed by atoms with Crippen molar-refractivity contribution in [2.45, 2.75) is 58.7 Å². The van der Waals surface area contributed by atoms with Gasteiger partial charge in [-0.05, 0) is 74.6 Å². The average molecular weight is 707 g/mol. The highest BCUT2D eigenvalue weighted by Gasteiger charge is 2.29. The number of pyridine rings is 1. The summed E-state index contributed by atoms with van der Waals surface area (Å²) >= 11 is 6.00. The molecular weight excluding hydrogens is 667 g/mol. The van der Waals surface area contributed by atoms with E-state index in [-0.39, 0.29) is 37.2 Å². The second-order valence-corrected chi connectivity index (χ2v) is 12.2. The number of nitrogens with zero attached hydrogens (tertiary/aromatic N) is 5. The van der Waals surface area contributed by atoms with Gasteiger partial charge in [-0.25, -0.2) is 14.1 Å². The van der Waals surface area contributed by atoms with Crippen molar-refractivity contribution in [2.75, 3.05) is 6.54 Å². The summed E-state index contributed by atoms with van der Waals surface area (Å²) in [5.41, 5.74) is 12.0. The number of carbonyl (C=O) groups is 3. The summed E-state index contributed by atoms with van der Waals surface area (Å²) in [6.45, 7) is 5.77. The fraction of sp³-hybridized carbons (Fsp3) is 0.324. The minimum atomic E-state index is -1.07. The molecule has 0 spiro atoms. The van der Waals surface area contributed by atoms with Crippen molar-refractivity contribution >= 4 is 35.3 Å². The van der Waals surface area contributed by atoms with Crippen molar-refractivity contribution in [3.8, 4) is 17.2 Å². The standard InChI is InChI=1S/C34H40ClFN10O4/c1-20(2)16-29(31(47)41-19-24-18-27(13-15-39-24)50-26-7-4-6-23(36)17-26)44-32(48)28(8-5-14-40-34(37)38)43-33(49)30-42-21(3)46(45-30)25-11-9-22(35)10-12-25/h4,6-7,9-13,15,17-18,20,28-29H,5,8,14,16,19H2,1-3H3,(H,41,47)(H,43,49)(H,44,48)(H4,37,38,40)/t28-,29-/m0/s1. The van der Waals surface area contributed by atoms with Crippen LogP contribution in [0.3, 0.4) is 0 Å². The van der Waals surface area contributed by atoms with Crippen LogP contribution in [0.2, 0.25) is 5.02 Å². The Kier molecular flexibility index (Phi) is 13.2. The fourth-order valence-corrected chi connectivity index (χ4v) is 4.99. The van der Waals surface area contributed by atoms with Gasteiger partial charge in [0.25, 0.3) is 5.91 Å². The number of aliphatic imine (C=N–C) groups is 1. The summed E-state index contributed by atoms with van der Waals surface area (Å²) in [6.07, 6.45) is 2.33. The number of carbonyl (C=O) groups excluding carboxylic acids is 3. The van der Waals surface area contributed by atoms with E-state index < -0.39 is 35.6 Å². The van der Waals surface area contributed by atoms with Gasteiger partial charge in [-0.3, -0.25) is 24.4 Å². The van der Waals surface area contributed by atoms with E-state index in [0.29, 0.717) is 46.6 Å². The van der Waals surface area contributed by atoms with E-state index in [1.165, 1.54) is 29.1 Å². The zero-order valence-electron chi connectivity index (χ0n) is 27.9. The molecule has 0 aliphatic carbocycles. The summed E-state index contributed by atoms with van der Waals surface area (Å²) in [4.78, 5) is 52.9. The Morgan fingerprint density at radius 2 is 1.74 bits per heavy atom. The number of halogens is 2. The highest BCUT2D eigenvalue weighted by atomic mass is 35.5. The lowest BCUT2D eigenvalue weighted by molar-refractivity contribution is -0.130. The van der Waals surface area contributed by atoms with Gasteiger partial charge < -0.3 is 32.2 Å². The number of aromatic nitrogens is 4. The quantitative estimate of drug-likeness (QED) is 0.0656. The molecule has 2 atom stereocenters. The number of benzene rings is 2. The maximum atomic E-state index is 13.7. The van der Waals surface area contributed by atoms with Crippen LogP contribution in [0.5, 0.6) is 11.5 Å². The monoisotopic (exact) mass is 706 g/mol. The molecule has 3 amide bonds. The highest BCUT2D eigenvalue weighted by molar-refractivity contribution is 6.30. The Hall–Kier alpha value is -5.57. The Balaban J connectivity index is 1.45. The summed E-state index contributed by atoms with van der Waals surface area (Å²) < 4.78 is 20.8. The van der Waals surface area contributed by atoms with E-state index >= 15 is 0 Å². The van der Waals surface area contributed by atoms with Gasteiger partial charge in [-0.1, -0.05) is 31.5 Å². The number of guanidine groups is 1. The van der Waals surface area contributed by atoms with Crippen LogP contribution in [0.1, 0.15) is 55.2 Å². The van der Waals surface area contributed by atoms with Crippen LogP contribution in [0.4, 0.5) is 4.39 Å². The highest BCUT2D eigenvalue weighted by Crippen LogP contribution is 2.22. The number of amides is 3.